The minimum atomic E-state index is -5.93. The lowest BCUT2D eigenvalue weighted by Gasteiger charge is -2.14. The van der Waals surface area contributed by atoms with Gasteiger partial charge in [0.15, 0.2) is 5.82 Å². The number of nitrogens with zero attached hydrogens (tertiary/aromatic N) is 7. The van der Waals surface area contributed by atoms with Crippen LogP contribution in [0.4, 0.5) is 27.6 Å². The molecule has 3 heterocycles. The highest BCUT2D eigenvalue weighted by Crippen LogP contribution is 2.41. The van der Waals surface area contributed by atoms with Gasteiger partial charge in [0.05, 0.1) is 22.0 Å². The Morgan fingerprint density at radius 2 is 1.82 bits per heavy atom. The number of anilines is 1. The summed E-state index contributed by atoms with van der Waals surface area (Å²) in [5, 5.41) is 18.7. The van der Waals surface area contributed by atoms with E-state index < -0.39 is 36.3 Å². The summed E-state index contributed by atoms with van der Waals surface area (Å²) in [5.74, 6) is -8.37. The van der Waals surface area contributed by atoms with Crippen LogP contribution in [0.2, 0.25) is 5.02 Å². The van der Waals surface area contributed by atoms with Crippen molar-refractivity contribution in [3.05, 3.63) is 73.5 Å². The van der Waals surface area contributed by atoms with E-state index in [2.05, 4.69) is 36.1 Å². The molecular formula is C22H16ClF5IN9O2. The smallest absolute Gasteiger partial charge is 0.355 e. The summed E-state index contributed by atoms with van der Waals surface area (Å²) in [4.78, 5) is 30.5. The highest BCUT2D eigenvalue weighted by molar-refractivity contribution is 14.1. The Kier molecular flexibility index (Phi) is 8.06. The highest BCUT2D eigenvalue weighted by atomic mass is 127. The maximum atomic E-state index is 13.6. The molecule has 0 saturated carbocycles. The lowest BCUT2D eigenvalue weighted by Crippen LogP contribution is -2.35. The lowest BCUT2D eigenvalue weighted by molar-refractivity contribution is -0.292. The predicted octanol–water partition coefficient (Wildman–Crippen LogP) is 4.13. The van der Waals surface area contributed by atoms with E-state index in [4.69, 9.17) is 11.6 Å². The third kappa shape index (κ3) is 5.74. The van der Waals surface area contributed by atoms with E-state index in [0.717, 1.165) is 8.25 Å². The van der Waals surface area contributed by atoms with Crippen molar-refractivity contribution in [2.24, 2.45) is 0 Å². The van der Waals surface area contributed by atoms with Crippen molar-refractivity contribution in [3.8, 4) is 5.82 Å². The van der Waals surface area contributed by atoms with E-state index in [0.29, 0.717) is 10.4 Å². The van der Waals surface area contributed by atoms with Crippen LogP contribution in [0.15, 0.2) is 36.5 Å². The van der Waals surface area contributed by atoms with Crippen molar-refractivity contribution in [3.63, 3.8) is 0 Å². The number of hydrogen-bond donors (Lipinski definition) is 2. The van der Waals surface area contributed by atoms with Crippen LogP contribution in [-0.4, -0.2) is 60.0 Å². The molecule has 2 amide bonds. The first kappa shape index (κ1) is 29.2. The molecule has 0 bridgehead atoms. The maximum absolute atomic E-state index is 13.6. The highest BCUT2D eigenvalue weighted by Gasteiger charge is 2.62. The summed E-state index contributed by atoms with van der Waals surface area (Å²) < 4.78 is 67.1. The van der Waals surface area contributed by atoms with Gasteiger partial charge in [-0.05, 0) is 70.6 Å². The average Bonchev–Trinajstić information content (AvgIpc) is 3.52. The molecule has 0 unspecified atom stereocenters. The van der Waals surface area contributed by atoms with E-state index in [-0.39, 0.29) is 33.5 Å². The molecular weight excluding hydrogens is 680 g/mol. The quantitative estimate of drug-likeness (QED) is 0.220. The third-order valence-corrected chi connectivity index (χ3v) is 6.25. The second-order valence-corrected chi connectivity index (χ2v) is 9.79. The van der Waals surface area contributed by atoms with Gasteiger partial charge in [0.2, 0.25) is 0 Å². The fourth-order valence-electron chi connectivity index (χ4n) is 3.47. The number of rotatable bonds is 7. The number of pyridine rings is 1. The first-order valence-electron chi connectivity index (χ1n) is 11.0. The molecule has 1 aromatic carbocycles. The van der Waals surface area contributed by atoms with Crippen molar-refractivity contribution in [1.82, 2.24) is 40.3 Å². The number of carbonyl (C=O) groups is 2. The van der Waals surface area contributed by atoms with Gasteiger partial charge in [0.25, 0.3) is 17.6 Å². The average molecular weight is 696 g/mol. The summed E-state index contributed by atoms with van der Waals surface area (Å²) in [6.07, 6.45) is -4.55. The van der Waals surface area contributed by atoms with E-state index in [9.17, 15) is 31.5 Å². The molecule has 2 N–H and O–H groups in total. The van der Waals surface area contributed by atoms with Crippen LogP contribution in [0.5, 0.6) is 0 Å². The van der Waals surface area contributed by atoms with Gasteiger partial charge in [-0.2, -0.15) is 31.8 Å². The molecule has 4 rings (SSSR count). The number of hydrogen-bond acceptors (Lipinski definition) is 7. The normalized spacial score (nSPS) is 11.9. The molecule has 18 heteroatoms. The number of nitrogens with one attached hydrogen (secondary N) is 2. The van der Waals surface area contributed by atoms with Gasteiger partial charge in [-0.25, -0.2) is 9.67 Å². The van der Waals surface area contributed by atoms with Gasteiger partial charge in [-0.1, -0.05) is 11.6 Å². The molecule has 0 radical (unpaired) electrons. The summed E-state index contributed by atoms with van der Waals surface area (Å²) in [6.45, 7) is 1.15. The Balaban J connectivity index is 1.74. The zero-order valence-electron chi connectivity index (χ0n) is 20.3. The Morgan fingerprint density at radius 3 is 2.48 bits per heavy atom. The van der Waals surface area contributed by atoms with Crippen molar-refractivity contribution in [1.29, 1.82) is 0 Å². The third-order valence-electron chi connectivity index (χ3n) is 5.34. The largest absolute Gasteiger partial charge is 0.461 e. The fraction of sp³-hybridized carbons (Fsp3) is 0.227. The minimum Gasteiger partial charge on any atom is -0.355 e. The molecule has 0 aliphatic carbocycles. The topological polar surface area (TPSA) is 133 Å². The zero-order chi connectivity index (χ0) is 29.4. The van der Waals surface area contributed by atoms with Crippen LogP contribution < -0.4 is 10.6 Å². The van der Waals surface area contributed by atoms with Crippen molar-refractivity contribution in [2.75, 3.05) is 12.4 Å². The summed E-state index contributed by atoms with van der Waals surface area (Å²) in [5.41, 5.74) is 0.788. The van der Waals surface area contributed by atoms with Gasteiger partial charge in [0.1, 0.15) is 12.2 Å². The molecule has 11 nitrogen and oxygen atoms in total. The fourth-order valence-corrected chi connectivity index (χ4v) is 4.45. The number of aryl methyl sites for hydroxylation is 1. The molecule has 0 aliphatic heterocycles. The first-order valence-corrected chi connectivity index (χ1v) is 12.4. The second-order valence-electron chi connectivity index (χ2n) is 8.14. The number of amides is 2. The van der Waals surface area contributed by atoms with Crippen LogP contribution in [0, 0.1) is 10.5 Å². The molecule has 0 aliphatic rings. The Bertz CT molecular complexity index is 1610. The number of aromatic nitrogens is 7. The van der Waals surface area contributed by atoms with Gasteiger partial charge in [0, 0.05) is 16.8 Å². The molecule has 0 spiro atoms. The number of halogens is 7. The van der Waals surface area contributed by atoms with Crippen molar-refractivity contribution < 1.29 is 31.5 Å². The Hall–Kier alpha value is -3.74. The Morgan fingerprint density at radius 1 is 1.10 bits per heavy atom. The first-order chi connectivity index (χ1) is 18.7. The van der Waals surface area contributed by atoms with Gasteiger partial charge in [-0.15, -0.1) is 10.2 Å². The van der Waals surface area contributed by atoms with Gasteiger partial charge in [-0.3, -0.25) is 9.59 Å². The second kappa shape index (κ2) is 11.0. The monoisotopic (exact) mass is 695 g/mol. The standard InChI is InChI=1S/C22H16ClF5IN9O2/c1-10-6-11(29)7-13(18(39)30-2)16(10)32-19(40)15-8-12(34-38(15)17-14(23)4-3-5-31-17)9-37-35-20(33-36-37)21(24,25)22(26,27)28/h3-8H,9H2,1-2H3,(H,30,39)(H,32,40). The molecule has 0 fully saturated rings. The Labute approximate surface area is 240 Å². The SMILES string of the molecule is CNC(=O)c1cc(I)cc(C)c1NC(=O)c1cc(Cn2nnc(C(F)(F)C(F)(F)F)n2)nn1-c1ncccc1Cl. The van der Waals surface area contributed by atoms with E-state index in [1.807, 2.05) is 22.6 Å². The van der Waals surface area contributed by atoms with E-state index >= 15 is 0 Å². The number of alkyl halides is 5. The van der Waals surface area contributed by atoms with Crippen molar-refractivity contribution in [2.45, 2.75) is 25.6 Å². The number of benzene rings is 1. The molecule has 0 atom stereocenters. The summed E-state index contributed by atoms with van der Waals surface area (Å²) in [6, 6.07) is 7.54. The van der Waals surface area contributed by atoms with Crippen LogP contribution in [-0.2, 0) is 12.5 Å². The van der Waals surface area contributed by atoms with E-state index in [1.165, 1.54) is 31.4 Å². The molecule has 0 saturated heterocycles. The lowest BCUT2D eigenvalue weighted by atomic mass is 10.1. The summed E-state index contributed by atoms with van der Waals surface area (Å²) in [7, 11) is 1.43. The predicted molar refractivity (Wildman–Crippen MR) is 138 cm³/mol. The van der Waals surface area contributed by atoms with Crippen LogP contribution >= 0.6 is 34.2 Å². The van der Waals surface area contributed by atoms with E-state index in [1.54, 1.807) is 19.1 Å². The van der Waals surface area contributed by atoms with Gasteiger partial charge >= 0.3 is 12.1 Å². The summed E-state index contributed by atoms with van der Waals surface area (Å²) >= 11 is 8.28. The van der Waals surface area contributed by atoms with Gasteiger partial charge < -0.3 is 10.6 Å². The molecule has 210 valence electrons. The maximum Gasteiger partial charge on any atom is 0.461 e. The van der Waals surface area contributed by atoms with Crippen molar-refractivity contribution >= 4 is 51.7 Å². The van der Waals surface area contributed by atoms with Crippen LogP contribution in [0.25, 0.3) is 5.82 Å². The number of carbonyl (C=O) groups excluding carboxylic acids is 2. The zero-order valence-corrected chi connectivity index (χ0v) is 23.2. The molecule has 4 aromatic rings. The minimum absolute atomic E-state index is 0.0160. The molecule has 40 heavy (non-hydrogen) atoms. The van der Waals surface area contributed by atoms with Crippen LogP contribution in [0.1, 0.15) is 37.9 Å². The van der Waals surface area contributed by atoms with Crippen LogP contribution in [0.3, 0.4) is 0 Å². The number of tetrazole rings is 1. The molecule has 3 aromatic heterocycles.